The number of aromatic nitrogens is 3. The fraction of sp³-hybridized carbons (Fsp3) is 0.647. The maximum atomic E-state index is 12.3. The highest BCUT2D eigenvalue weighted by Gasteiger charge is 2.18. The van der Waals surface area contributed by atoms with Crippen molar-refractivity contribution in [2.75, 3.05) is 18.5 Å². The molecule has 0 atom stereocenters. The van der Waals surface area contributed by atoms with Crippen molar-refractivity contribution in [1.82, 2.24) is 19.9 Å². The number of amides is 1. The molecule has 2 aromatic rings. The standard InChI is InChI=1S/C17H25N5O2S/c1-3-7-13-10-15(24)22-16(19-13)25-17(20-22)21(2)11-14(23)18-12-8-5-4-6-9-12/h10,12H,3-9,11H2,1-2H3,(H,18,23). The van der Waals surface area contributed by atoms with E-state index in [1.807, 2.05) is 7.05 Å². The van der Waals surface area contributed by atoms with Gasteiger partial charge in [-0.05, 0) is 19.3 Å². The first-order chi connectivity index (χ1) is 12.1. The minimum absolute atomic E-state index is 0.000587. The monoisotopic (exact) mass is 363 g/mol. The van der Waals surface area contributed by atoms with E-state index in [0.717, 1.165) is 31.4 Å². The smallest absolute Gasteiger partial charge is 0.275 e. The first kappa shape index (κ1) is 17.8. The third-order valence-corrected chi connectivity index (χ3v) is 5.49. The van der Waals surface area contributed by atoms with Gasteiger partial charge in [0.1, 0.15) is 0 Å². The number of carbonyl (C=O) groups is 1. The van der Waals surface area contributed by atoms with Crippen LogP contribution >= 0.6 is 11.3 Å². The molecule has 0 unspecified atom stereocenters. The Bertz CT molecular complexity index is 794. The molecule has 2 aromatic heterocycles. The fourth-order valence-electron chi connectivity index (χ4n) is 3.19. The molecule has 0 radical (unpaired) electrons. The van der Waals surface area contributed by atoms with Crippen molar-refractivity contribution in [3.8, 4) is 0 Å². The van der Waals surface area contributed by atoms with E-state index in [-0.39, 0.29) is 18.0 Å². The minimum Gasteiger partial charge on any atom is -0.352 e. The molecule has 136 valence electrons. The van der Waals surface area contributed by atoms with Crippen molar-refractivity contribution in [3.63, 3.8) is 0 Å². The normalized spacial score (nSPS) is 15.4. The summed E-state index contributed by atoms with van der Waals surface area (Å²) in [5.74, 6) is 0.000587. The molecule has 3 rings (SSSR count). The molecule has 0 bridgehead atoms. The number of rotatable bonds is 6. The molecule has 0 spiro atoms. The van der Waals surface area contributed by atoms with Gasteiger partial charge in [0.25, 0.3) is 5.56 Å². The number of fused-ring (bicyclic) bond motifs is 1. The Morgan fingerprint density at radius 3 is 2.88 bits per heavy atom. The number of nitrogens with zero attached hydrogens (tertiary/aromatic N) is 4. The Kier molecular flexibility index (Phi) is 5.67. The lowest BCUT2D eigenvalue weighted by Crippen LogP contribution is -2.41. The number of hydrogen-bond acceptors (Lipinski definition) is 6. The molecule has 1 fully saturated rings. The maximum absolute atomic E-state index is 12.3. The lowest BCUT2D eigenvalue weighted by atomic mass is 9.95. The van der Waals surface area contributed by atoms with Gasteiger partial charge in [-0.25, -0.2) is 4.98 Å². The molecule has 1 saturated carbocycles. The zero-order valence-corrected chi connectivity index (χ0v) is 15.6. The van der Waals surface area contributed by atoms with Crippen molar-refractivity contribution < 1.29 is 4.79 Å². The van der Waals surface area contributed by atoms with E-state index in [9.17, 15) is 9.59 Å². The van der Waals surface area contributed by atoms with Crippen LogP contribution in [0.25, 0.3) is 4.96 Å². The van der Waals surface area contributed by atoms with Crippen LogP contribution in [0.5, 0.6) is 0 Å². The van der Waals surface area contributed by atoms with Crippen LogP contribution in [0.3, 0.4) is 0 Å². The molecular weight excluding hydrogens is 338 g/mol. The Balaban J connectivity index is 1.68. The molecule has 1 N–H and O–H groups in total. The number of aryl methyl sites for hydroxylation is 1. The second-order valence-corrected chi connectivity index (χ2v) is 7.61. The van der Waals surface area contributed by atoms with Gasteiger partial charge in [-0.2, -0.15) is 4.52 Å². The summed E-state index contributed by atoms with van der Waals surface area (Å²) in [6.45, 7) is 2.28. The van der Waals surface area contributed by atoms with Gasteiger partial charge in [0.2, 0.25) is 16.0 Å². The van der Waals surface area contributed by atoms with Crippen LogP contribution in [0.2, 0.25) is 0 Å². The summed E-state index contributed by atoms with van der Waals surface area (Å²) in [6.07, 6.45) is 7.49. The van der Waals surface area contributed by atoms with Crippen molar-refractivity contribution in [2.45, 2.75) is 57.9 Å². The second-order valence-electron chi connectivity index (χ2n) is 6.67. The number of hydrogen-bond donors (Lipinski definition) is 1. The molecule has 1 aliphatic rings. The first-order valence-electron chi connectivity index (χ1n) is 8.97. The molecule has 0 saturated heterocycles. The van der Waals surface area contributed by atoms with Crippen LogP contribution in [-0.4, -0.2) is 40.1 Å². The highest BCUT2D eigenvalue weighted by Crippen LogP contribution is 2.21. The second kappa shape index (κ2) is 7.95. The predicted octanol–water partition coefficient (Wildman–Crippen LogP) is 1.99. The average molecular weight is 363 g/mol. The van der Waals surface area contributed by atoms with E-state index in [1.165, 1.54) is 41.2 Å². The van der Waals surface area contributed by atoms with Crippen molar-refractivity contribution in [2.24, 2.45) is 0 Å². The Morgan fingerprint density at radius 2 is 2.16 bits per heavy atom. The van der Waals surface area contributed by atoms with E-state index in [1.54, 1.807) is 4.90 Å². The molecule has 0 aromatic carbocycles. The zero-order chi connectivity index (χ0) is 17.8. The largest absolute Gasteiger partial charge is 0.352 e. The molecule has 2 heterocycles. The van der Waals surface area contributed by atoms with Crippen LogP contribution in [0, 0.1) is 0 Å². The third-order valence-electron chi connectivity index (χ3n) is 4.47. The van der Waals surface area contributed by atoms with E-state index in [2.05, 4.69) is 22.3 Å². The van der Waals surface area contributed by atoms with Gasteiger partial charge >= 0.3 is 0 Å². The number of carbonyl (C=O) groups excluding carboxylic acids is 1. The molecule has 25 heavy (non-hydrogen) atoms. The number of nitrogens with one attached hydrogen (secondary N) is 1. The minimum atomic E-state index is -0.170. The average Bonchev–Trinajstić information content (AvgIpc) is 3.01. The molecule has 1 aliphatic carbocycles. The van der Waals surface area contributed by atoms with E-state index < -0.39 is 0 Å². The molecule has 1 amide bonds. The summed E-state index contributed by atoms with van der Waals surface area (Å²) in [5, 5.41) is 8.04. The molecule has 8 heteroatoms. The maximum Gasteiger partial charge on any atom is 0.275 e. The van der Waals surface area contributed by atoms with E-state index in [0.29, 0.717) is 16.1 Å². The van der Waals surface area contributed by atoms with Crippen LogP contribution in [0.4, 0.5) is 5.13 Å². The lowest BCUT2D eigenvalue weighted by molar-refractivity contribution is -0.120. The Labute approximate surface area is 151 Å². The summed E-state index contributed by atoms with van der Waals surface area (Å²) < 4.78 is 1.31. The van der Waals surface area contributed by atoms with Gasteiger partial charge in [0.05, 0.1) is 6.54 Å². The fourth-order valence-corrected chi connectivity index (χ4v) is 4.07. The topological polar surface area (TPSA) is 79.6 Å². The van der Waals surface area contributed by atoms with Crippen LogP contribution < -0.4 is 15.8 Å². The highest BCUT2D eigenvalue weighted by molar-refractivity contribution is 7.20. The summed E-state index contributed by atoms with van der Waals surface area (Å²) in [5.41, 5.74) is 0.622. The number of anilines is 1. The van der Waals surface area contributed by atoms with E-state index >= 15 is 0 Å². The highest BCUT2D eigenvalue weighted by atomic mass is 32.1. The van der Waals surface area contributed by atoms with Gasteiger partial charge < -0.3 is 10.2 Å². The summed E-state index contributed by atoms with van der Waals surface area (Å²) in [4.78, 5) is 31.3. The molecular formula is C17H25N5O2S. The van der Waals surface area contributed by atoms with Crippen LogP contribution in [-0.2, 0) is 11.2 Å². The Morgan fingerprint density at radius 1 is 1.40 bits per heavy atom. The number of likely N-dealkylation sites (N-methyl/N-ethyl adjacent to an activating group) is 1. The zero-order valence-electron chi connectivity index (χ0n) is 14.8. The summed E-state index contributed by atoms with van der Waals surface area (Å²) in [6, 6.07) is 1.83. The quantitative estimate of drug-likeness (QED) is 0.849. The predicted molar refractivity (Wildman–Crippen MR) is 99.4 cm³/mol. The third kappa shape index (κ3) is 4.36. The SMILES string of the molecule is CCCc1cc(=O)n2nc(N(C)CC(=O)NC3CCCCC3)sc2n1. The van der Waals surface area contributed by atoms with Gasteiger partial charge in [-0.15, -0.1) is 5.10 Å². The first-order valence-corrected chi connectivity index (χ1v) is 9.78. The van der Waals surface area contributed by atoms with Crippen molar-refractivity contribution >= 4 is 27.3 Å². The summed E-state index contributed by atoms with van der Waals surface area (Å²) >= 11 is 1.33. The van der Waals surface area contributed by atoms with Gasteiger partial charge in [0.15, 0.2) is 0 Å². The van der Waals surface area contributed by atoms with Crippen molar-refractivity contribution in [3.05, 3.63) is 22.1 Å². The molecule has 0 aliphatic heterocycles. The van der Waals surface area contributed by atoms with E-state index in [4.69, 9.17) is 0 Å². The lowest BCUT2D eigenvalue weighted by Gasteiger charge is -2.24. The summed E-state index contributed by atoms with van der Waals surface area (Å²) in [7, 11) is 1.82. The van der Waals surface area contributed by atoms with Gasteiger partial charge in [-0.1, -0.05) is 43.9 Å². The Hall–Kier alpha value is -1.96. The van der Waals surface area contributed by atoms with Crippen LogP contribution in [0.1, 0.15) is 51.1 Å². The van der Waals surface area contributed by atoms with Gasteiger partial charge in [-0.3, -0.25) is 9.59 Å². The van der Waals surface area contributed by atoms with Gasteiger partial charge in [0, 0.05) is 24.8 Å². The van der Waals surface area contributed by atoms with Crippen molar-refractivity contribution in [1.29, 1.82) is 0 Å². The van der Waals surface area contributed by atoms with Crippen LogP contribution in [0.15, 0.2) is 10.9 Å². The molecule has 7 nitrogen and oxygen atoms in total.